The highest BCUT2D eigenvalue weighted by molar-refractivity contribution is 5.67. The van der Waals surface area contributed by atoms with Crippen molar-refractivity contribution in [3.8, 4) is 11.3 Å². The van der Waals surface area contributed by atoms with E-state index in [9.17, 15) is 0 Å². The Balaban J connectivity index is 1.66. The summed E-state index contributed by atoms with van der Waals surface area (Å²) >= 11 is 0. The SMILES string of the molecule is c1ccc(CN=c2c3c(ncn2Cc2ccccc2)-c2ccccc2CCC3)cc1. The molecule has 4 aromatic rings. The third-order valence-corrected chi connectivity index (χ3v) is 5.75. The lowest BCUT2D eigenvalue weighted by Gasteiger charge is -2.14. The van der Waals surface area contributed by atoms with Crippen LogP contribution in [0.25, 0.3) is 11.3 Å². The van der Waals surface area contributed by atoms with E-state index in [4.69, 9.17) is 9.98 Å². The second kappa shape index (κ2) is 8.50. The molecular formula is C27H25N3. The maximum atomic E-state index is 5.12. The number of hydrogen-bond acceptors (Lipinski definition) is 2. The molecule has 3 aromatic carbocycles. The third-order valence-electron chi connectivity index (χ3n) is 5.75. The van der Waals surface area contributed by atoms with Gasteiger partial charge in [0.1, 0.15) is 5.49 Å². The molecule has 0 radical (unpaired) electrons. The molecule has 0 fully saturated rings. The van der Waals surface area contributed by atoms with E-state index >= 15 is 0 Å². The molecule has 1 aliphatic rings. The Morgan fingerprint density at radius 1 is 0.767 bits per heavy atom. The molecule has 1 aromatic heterocycles. The van der Waals surface area contributed by atoms with Crippen LogP contribution in [0.15, 0.2) is 96.2 Å². The Bertz CT molecular complexity index is 1210. The fraction of sp³-hybridized carbons (Fsp3) is 0.185. The van der Waals surface area contributed by atoms with Gasteiger partial charge in [-0.15, -0.1) is 0 Å². The zero-order valence-corrected chi connectivity index (χ0v) is 17.0. The molecule has 3 heteroatoms. The zero-order valence-electron chi connectivity index (χ0n) is 17.0. The second-order valence-corrected chi connectivity index (χ2v) is 7.82. The topological polar surface area (TPSA) is 30.2 Å². The van der Waals surface area contributed by atoms with Gasteiger partial charge in [-0.25, -0.2) is 4.98 Å². The molecule has 148 valence electrons. The van der Waals surface area contributed by atoms with E-state index in [0.29, 0.717) is 6.54 Å². The van der Waals surface area contributed by atoms with E-state index in [1.54, 1.807) is 0 Å². The van der Waals surface area contributed by atoms with Crippen LogP contribution in [0.4, 0.5) is 0 Å². The number of hydrogen-bond donors (Lipinski definition) is 0. The van der Waals surface area contributed by atoms with Gasteiger partial charge in [-0.05, 0) is 36.0 Å². The van der Waals surface area contributed by atoms with Crippen LogP contribution in [0, 0.1) is 0 Å². The summed E-state index contributed by atoms with van der Waals surface area (Å²) in [4.78, 5) is 10.1. The fourth-order valence-corrected chi connectivity index (χ4v) is 4.26. The van der Waals surface area contributed by atoms with Crippen LogP contribution in [-0.2, 0) is 25.9 Å². The second-order valence-electron chi connectivity index (χ2n) is 7.82. The summed E-state index contributed by atoms with van der Waals surface area (Å²) in [5.74, 6) is 0. The van der Waals surface area contributed by atoms with E-state index in [1.807, 2.05) is 6.33 Å². The quantitative estimate of drug-likeness (QED) is 0.471. The first-order valence-corrected chi connectivity index (χ1v) is 10.6. The minimum atomic E-state index is 0.674. The predicted molar refractivity (Wildman–Crippen MR) is 121 cm³/mol. The Hall–Kier alpha value is -3.46. The minimum Gasteiger partial charge on any atom is -0.313 e. The van der Waals surface area contributed by atoms with E-state index < -0.39 is 0 Å². The summed E-state index contributed by atoms with van der Waals surface area (Å²) in [5, 5.41) is 0. The van der Waals surface area contributed by atoms with E-state index in [1.165, 1.54) is 27.8 Å². The molecule has 30 heavy (non-hydrogen) atoms. The number of aryl methyl sites for hydroxylation is 1. The predicted octanol–water partition coefficient (Wildman–Crippen LogP) is 5.19. The number of benzene rings is 3. The van der Waals surface area contributed by atoms with Crippen molar-refractivity contribution in [3.63, 3.8) is 0 Å². The maximum absolute atomic E-state index is 5.12. The van der Waals surface area contributed by atoms with Crippen LogP contribution in [0.1, 0.15) is 28.7 Å². The standard InChI is InChI=1S/C27H25N3/c1-3-10-21(11-4-1)18-28-27-25-17-9-15-23-14-7-8-16-24(23)26(25)29-20-30(27)19-22-12-5-2-6-13-22/h1-8,10-14,16,20H,9,15,17-19H2. The normalized spacial score (nSPS) is 13.4. The average Bonchev–Trinajstić information content (AvgIpc) is 2.99. The first-order valence-electron chi connectivity index (χ1n) is 10.6. The van der Waals surface area contributed by atoms with Gasteiger partial charge in [-0.1, -0.05) is 84.9 Å². The van der Waals surface area contributed by atoms with Crippen molar-refractivity contribution in [1.29, 1.82) is 0 Å². The summed E-state index contributed by atoms with van der Waals surface area (Å²) in [7, 11) is 0. The van der Waals surface area contributed by atoms with Crippen molar-refractivity contribution in [1.82, 2.24) is 9.55 Å². The summed E-state index contributed by atoms with van der Waals surface area (Å²) in [6, 6.07) is 29.7. The van der Waals surface area contributed by atoms with E-state index in [2.05, 4.69) is 89.5 Å². The highest BCUT2D eigenvalue weighted by Crippen LogP contribution is 2.29. The van der Waals surface area contributed by atoms with Crippen LogP contribution in [0.2, 0.25) is 0 Å². The van der Waals surface area contributed by atoms with E-state index in [0.717, 1.165) is 37.0 Å². The molecular weight excluding hydrogens is 366 g/mol. The van der Waals surface area contributed by atoms with E-state index in [-0.39, 0.29) is 0 Å². The molecule has 0 saturated carbocycles. The molecule has 0 aliphatic heterocycles. The number of fused-ring (bicyclic) bond motifs is 3. The lowest BCUT2D eigenvalue weighted by molar-refractivity contribution is 0.684. The van der Waals surface area contributed by atoms with Crippen LogP contribution in [-0.4, -0.2) is 9.55 Å². The van der Waals surface area contributed by atoms with Crippen molar-refractivity contribution in [2.45, 2.75) is 32.4 Å². The molecule has 0 atom stereocenters. The molecule has 3 nitrogen and oxygen atoms in total. The highest BCUT2D eigenvalue weighted by atomic mass is 15.1. The van der Waals surface area contributed by atoms with Gasteiger partial charge in [-0.3, -0.25) is 4.99 Å². The number of rotatable bonds is 4. The summed E-state index contributed by atoms with van der Waals surface area (Å²) in [6.07, 6.45) is 5.18. The van der Waals surface area contributed by atoms with Crippen molar-refractivity contribution < 1.29 is 0 Å². The molecule has 0 amide bonds. The van der Waals surface area contributed by atoms with Crippen LogP contribution in [0.5, 0.6) is 0 Å². The molecule has 0 unspecified atom stereocenters. The van der Waals surface area contributed by atoms with Gasteiger partial charge in [0.05, 0.1) is 25.1 Å². The van der Waals surface area contributed by atoms with Crippen LogP contribution >= 0.6 is 0 Å². The van der Waals surface area contributed by atoms with Gasteiger partial charge in [0.2, 0.25) is 0 Å². The lowest BCUT2D eigenvalue weighted by atomic mass is 10.0. The van der Waals surface area contributed by atoms with Crippen molar-refractivity contribution >= 4 is 0 Å². The summed E-state index contributed by atoms with van der Waals surface area (Å²) in [6.45, 7) is 1.45. The van der Waals surface area contributed by atoms with Gasteiger partial charge < -0.3 is 4.57 Å². The molecule has 0 bridgehead atoms. The molecule has 1 aliphatic carbocycles. The average molecular weight is 392 g/mol. The van der Waals surface area contributed by atoms with Gasteiger partial charge in [0.15, 0.2) is 0 Å². The monoisotopic (exact) mass is 391 g/mol. The number of aromatic nitrogens is 2. The molecule has 1 heterocycles. The summed E-state index contributed by atoms with van der Waals surface area (Å²) < 4.78 is 2.21. The highest BCUT2D eigenvalue weighted by Gasteiger charge is 2.18. The minimum absolute atomic E-state index is 0.674. The molecule has 0 saturated heterocycles. The molecule has 0 N–H and O–H groups in total. The third kappa shape index (κ3) is 3.84. The Morgan fingerprint density at radius 3 is 2.27 bits per heavy atom. The summed E-state index contributed by atoms with van der Waals surface area (Å²) in [5.41, 5.74) is 8.56. The van der Waals surface area contributed by atoms with Gasteiger partial charge in [-0.2, -0.15) is 0 Å². The Kier molecular flexibility index (Phi) is 5.26. The van der Waals surface area contributed by atoms with Gasteiger partial charge >= 0.3 is 0 Å². The molecule has 5 rings (SSSR count). The first kappa shape index (κ1) is 18.6. The largest absolute Gasteiger partial charge is 0.313 e. The Morgan fingerprint density at radius 2 is 1.47 bits per heavy atom. The molecule has 0 spiro atoms. The van der Waals surface area contributed by atoms with Gasteiger partial charge in [0.25, 0.3) is 0 Å². The van der Waals surface area contributed by atoms with Crippen LogP contribution < -0.4 is 5.49 Å². The van der Waals surface area contributed by atoms with Crippen LogP contribution in [0.3, 0.4) is 0 Å². The van der Waals surface area contributed by atoms with Crippen molar-refractivity contribution in [3.05, 3.63) is 119 Å². The van der Waals surface area contributed by atoms with Crippen molar-refractivity contribution in [2.75, 3.05) is 0 Å². The van der Waals surface area contributed by atoms with Gasteiger partial charge in [0, 0.05) is 11.1 Å². The Labute approximate surface area is 177 Å². The first-order chi connectivity index (χ1) is 14.9. The van der Waals surface area contributed by atoms with Crippen molar-refractivity contribution in [2.24, 2.45) is 4.99 Å². The lowest BCUT2D eigenvalue weighted by Crippen LogP contribution is -2.27. The number of nitrogens with zero attached hydrogens (tertiary/aromatic N) is 3. The maximum Gasteiger partial charge on any atom is 0.134 e. The fourth-order valence-electron chi connectivity index (χ4n) is 4.26. The zero-order chi connectivity index (χ0) is 20.2. The smallest absolute Gasteiger partial charge is 0.134 e.